The molecule has 0 saturated carbocycles. The summed E-state index contributed by atoms with van der Waals surface area (Å²) in [7, 11) is 0. The maximum Gasteiger partial charge on any atom is 0.138 e. The second kappa shape index (κ2) is 6.00. The summed E-state index contributed by atoms with van der Waals surface area (Å²) >= 11 is 0. The molecule has 0 radical (unpaired) electrons. The number of hydrogen-bond donors (Lipinski definition) is 1. The van der Waals surface area contributed by atoms with Crippen molar-refractivity contribution in [3.63, 3.8) is 0 Å². The molecule has 0 spiro atoms. The SMILES string of the molecule is Cc1noc(C)c1CN1CC[C@H](O)[C@@H]1Cc1ccccc1. The number of aromatic nitrogens is 1. The van der Waals surface area contributed by atoms with Crippen LogP contribution in [0.4, 0.5) is 0 Å². The van der Waals surface area contributed by atoms with Crippen LogP contribution in [0.1, 0.15) is 29.0 Å². The van der Waals surface area contributed by atoms with E-state index in [4.69, 9.17) is 4.52 Å². The van der Waals surface area contributed by atoms with E-state index in [1.54, 1.807) is 0 Å². The predicted octanol–water partition coefficient (Wildman–Crippen LogP) is 2.47. The molecule has 1 saturated heterocycles. The van der Waals surface area contributed by atoms with Crippen molar-refractivity contribution in [3.05, 3.63) is 52.9 Å². The molecule has 0 amide bonds. The van der Waals surface area contributed by atoms with Crippen LogP contribution in [0, 0.1) is 13.8 Å². The van der Waals surface area contributed by atoms with Crippen LogP contribution in [-0.4, -0.2) is 33.9 Å². The van der Waals surface area contributed by atoms with Gasteiger partial charge in [-0.05, 0) is 32.3 Å². The molecule has 2 atom stereocenters. The van der Waals surface area contributed by atoms with Crippen molar-refractivity contribution in [2.75, 3.05) is 6.54 Å². The van der Waals surface area contributed by atoms with E-state index in [1.165, 1.54) is 5.56 Å². The Hall–Kier alpha value is -1.65. The van der Waals surface area contributed by atoms with Crippen molar-refractivity contribution in [1.82, 2.24) is 10.1 Å². The Morgan fingerprint density at radius 2 is 2.05 bits per heavy atom. The zero-order valence-corrected chi connectivity index (χ0v) is 12.6. The topological polar surface area (TPSA) is 49.5 Å². The number of benzene rings is 1. The Kier molecular flexibility index (Phi) is 4.08. The summed E-state index contributed by atoms with van der Waals surface area (Å²) in [6.07, 6.45) is 1.46. The Balaban J connectivity index is 1.75. The number of aliphatic hydroxyl groups is 1. The summed E-state index contributed by atoms with van der Waals surface area (Å²) in [6.45, 7) is 5.65. The summed E-state index contributed by atoms with van der Waals surface area (Å²) < 4.78 is 5.25. The van der Waals surface area contributed by atoms with Gasteiger partial charge < -0.3 is 9.63 Å². The molecule has 4 heteroatoms. The summed E-state index contributed by atoms with van der Waals surface area (Å²) in [5.41, 5.74) is 3.38. The van der Waals surface area contributed by atoms with Crippen LogP contribution in [0.25, 0.3) is 0 Å². The van der Waals surface area contributed by atoms with Crippen LogP contribution in [0.3, 0.4) is 0 Å². The highest BCUT2D eigenvalue weighted by Gasteiger charge is 2.33. The lowest BCUT2D eigenvalue weighted by Gasteiger charge is -2.26. The van der Waals surface area contributed by atoms with Crippen molar-refractivity contribution in [2.45, 2.75) is 45.4 Å². The van der Waals surface area contributed by atoms with Crippen LogP contribution in [0.2, 0.25) is 0 Å². The maximum absolute atomic E-state index is 10.3. The molecule has 3 rings (SSSR count). The van der Waals surface area contributed by atoms with E-state index in [0.29, 0.717) is 0 Å². The standard InChI is InChI=1S/C17H22N2O2/c1-12-15(13(2)21-18-12)11-19-9-8-17(20)16(19)10-14-6-4-3-5-7-14/h3-7,16-17,20H,8-11H2,1-2H3/t16-,17-/m0/s1. The minimum Gasteiger partial charge on any atom is -0.391 e. The van der Waals surface area contributed by atoms with E-state index < -0.39 is 0 Å². The van der Waals surface area contributed by atoms with E-state index >= 15 is 0 Å². The molecule has 1 fully saturated rings. The summed E-state index contributed by atoms with van der Waals surface area (Å²) in [5.74, 6) is 0.882. The van der Waals surface area contributed by atoms with Gasteiger partial charge in [0.05, 0.1) is 11.8 Å². The van der Waals surface area contributed by atoms with Gasteiger partial charge in [-0.25, -0.2) is 0 Å². The first-order chi connectivity index (χ1) is 10.1. The van der Waals surface area contributed by atoms with E-state index in [0.717, 1.165) is 42.9 Å². The minimum atomic E-state index is -0.259. The second-order valence-electron chi connectivity index (χ2n) is 5.89. The number of aryl methyl sites for hydroxylation is 2. The zero-order valence-electron chi connectivity index (χ0n) is 12.6. The van der Waals surface area contributed by atoms with Gasteiger partial charge in [0.15, 0.2) is 0 Å². The first-order valence-electron chi connectivity index (χ1n) is 7.53. The Labute approximate surface area is 125 Å². The van der Waals surface area contributed by atoms with Crippen molar-refractivity contribution < 1.29 is 9.63 Å². The van der Waals surface area contributed by atoms with E-state index in [1.807, 2.05) is 19.9 Å². The van der Waals surface area contributed by atoms with Gasteiger partial charge in [0.1, 0.15) is 5.76 Å². The van der Waals surface area contributed by atoms with E-state index in [-0.39, 0.29) is 12.1 Å². The third-order valence-corrected chi connectivity index (χ3v) is 4.46. The van der Waals surface area contributed by atoms with E-state index in [9.17, 15) is 5.11 Å². The Morgan fingerprint density at radius 1 is 1.29 bits per heavy atom. The molecule has 1 aromatic carbocycles. The number of nitrogens with zero attached hydrogens (tertiary/aromatic N) is 2. The van der Waals surface area contributed by atoms with Gasteiger partial charge in [-0.15, -0.1) is 0 Å². The average Bonchev–Trinajstić information content (AvgIpc) is 2.99. The van der Waals surface area contributed by atoms with Crippen molar-refractivity contribution in [2.24, 2.45) is 0 Å². The fraction of sp³-hybridized carbons (Fsp3) is 0.471. The summed E-state index contributed by atoms with van der Waals surface area (Å²) in [6, 6.07) is 10.5. The highest BCUT2D eigenvalue weighted by Crippen LogP contribution is 2.25. The van der Waals surface area contributed by atoms with Gasteiger partial charge >= 0.3 is 0 Å². The van der Waals surface area contributed by atoms with Gasteiger partial charge in [-0.3, -0.25) is 4.90 Å². The first kappa shape index (κ1) is 14.3. The van der Waals surface area contributed by atoms with E-state index in [2.05, 4.69) is 34.3 Å². The number of hydrogen-bond acceptors (Lipinski definition) is 4. The second-order valence-corrected chi connectivity index (χ2v) is 5.89. The summed E-state index contributed by atoms with van der Waals surface area (Å²) in [4.78, 5) is 2.35. The lowest BCUT2D eigenvalue weighted by molar-refractivity contribution is 0.112. The van der Waals surface area contributed by atoms with Crippen molar-refractivity contribution in [3.8, 4) is 0 Å². The molecule has 4 nitrogen and oxygen atoms in total. The van der Waals surface area contributed by atoms with Crippen molar-refractivity contribution in [1.29, 1.82) is 0 Å². The highest BCUT2D eigenvalue weighted by molar-refractivity contribution is 5.22. The third kappa shape index (κ3) is 3.01. The fourth-order valence-corrected chi connectivity index (χ4v) is 3.15. The molecule has 0 unspecified atom stereocenters. The van der Waals surface area contributed by atoms with Gasteiger partial charge in [-0.2, -0.15) is 0 Å². The lowest BCUT2D eigenvalue weighted by atomic mass is 10.0. The highest BCUT2D eigenvalue weighted by atomic mass is 16.5. The fourth-order valence-electron chi connectivity index (χ4n) is 3.15. The molecule has 1 aliphatic heterocycles. The number of aliphatic hydroxyl groups excluding tert-OH is 1. The van der Waals surface area contributed by atoms with Gasteiger partial charge in [0.2, 0.25) is 0 Å². The molecule has 2 aromatic rings. The zero-order chi connectivity index (χ0) is 14.8. The molecule has 0 aliphatic carbocycles. The molecule has 1 aliphatic rings. The minimum absolute atomic E-state index is 0.168. The molecular weight excluding hydrogens is 264 g/mol. The van der Waals surface area contributed by atoms with Crippen LogP contribution in [0.5, 0.6) is 0 Å². The molecule has 112 valence electrons. The largest absolute Gasteiger partial charge is 0.391 e. The lowest BCUT2D eigenvalue weighted by Crippen LogP contribution is -2.36. The van der Waals surface area contributed by atoms with Gasteiger partial charge in [-0.1, -0.05) is 35.5 Å². The molecular formula is C17H22N2O2. The average molecular weight is 286 g/mol. The van der Waals surface area contributed by atoms with Gasteiger partial charge in [0, 0.05) is 24.7 Å². The normalized spacial score (nSPS) is 22.8. The van der Waals surface area contributed by atoms with Crippen LogP contribution in [0.15, 0.2) is 34.9 Å². The quantitative estimate of drug-likeness (QED) is 0.938. The Bertz CT molecular complexity index is 575. The smallest absolute Gasteiger partial charge is 0.138 e. The third-order valence-electron chi connectivity index (χ3n) is 4.46. The van der Waals surface area contributed by atoms with Crippen LogP contribution < -0.4 is 0 Å². The summed E-state index contributed by atoms with van der Waals surface area (Å²) in [5, 5.41) is 14.3. The molecule has 21 heavy (non-hydrogen) atoms. The van der Waals surface area contributed by atoms with Crippen molar-refractivity contribution >= 4 is 0 Å². The van der Waals surface area contributed by atoms with Crippen LogP contribution >= 0.6 is 0 Å². The van der Waals surface area contributed by atoms with Gasteiger partial charge in [0.25, 0.3) is 0 Å². The van der Waals surface area contributed by atoms with Crippen LogP contribution in [-0.2, 0) is 13.0 Å². The number of rotatable bonds is 4. The first-order valence-corrected chi connectivity index (χ1v) is 7.53. The molecule has 0 bridgehead atoms. The molecule has 2 heterocycles. The molecule has 1 N–H and O–H groups in total. The Morgan fingerprint density at radius 3 is 2.71 bits per heavy atom. The monoisotopic (exact) mass is 286 g/mol. The number of likely N-dealkylation sites (tertiary alicyclic amines) is 1. The maximum atomic E-state index is 10.3. The molecule has 1 aromatic heterocycles. The predicted molar refractivity (Wildman–Crippen MR) is 80.9 cm³/mol.